The van der Waals surface area contributed by atoms with Crippen molar-refractivity contribution < 1.29 is 4.84 Å². The molecule has 0 amide bonds. The van der Waals surface area contributed by atoms with Crippen molar-refractivity contribution in [2.45, 2.75) is 0 Å². The van der Waals surface area contributed by atoms with Gasteiger partial charge >= 0.3 is 0 Å². The average Bonchev–Trinajstić information content (AvgIpc) is 2.74. The monoisotopic (exact) mass is 198 g/mol. The maximum atomic E-state index is 5.62. The number of hydrogen-bond donors (Lipinski definition) is 1. The second-order valence-corrected chi connectivity index (χ2v) is 3.33. The van der Waals surface area contributed by atoms with E-state index in [1.807, 2.05) is 54.6 Å². The van der Waals surface area contributed by atoms with Crippen LogP contribution in [0.15, 0.2) is 54.6 Å². The van der Waals surface area contributed by atoms with Crippen LogP contribution in [0.5, 0.6) is 5.75 Å². The molecule has 0 atom stereocenters. The zero-order valence-corrected chi connectivity index (χ0v) is 8.05. The van der Waals surface area contributed by atoms with Crippen LogP contribution in [-0.2, 0) is 0 Å². The number of nitrogens with one attached hydrogen (secondary N) is 1. The largest absolute Gasteiger partial charge is 0.357 e. The van der Waals surface area contributed by atoms with E-state index in [4.69, 9.17) is 4.84 Å². The molecular weight excluding hydrogens is 188 g/mol. The Morgan fingerprint density at radius 3 is 2.40 bits per heavy atom. The van der Waals surface area contributed by atoms with E-state index in [1.54, 1.807) is 5.17 Å². The van der Waals surface area contributed by atoms with Gasteiger partial charge in [-0.3, -0.25) is 5.43 Å². The van der Waals surface area contributed by atoms with E-state index in [2.05, 4.69) is 5.43 Å². The average molecular weight is 198 g/mol. The molecule has 74 valence electrons. The second-order valence-electron chi connectivity index (χ2n) is 3.33. The van der Waals surface area contributed by atoms with Gasteiger partial charge in [0.1, 0.15) is 5.69 Å². The minimum Gasteiger partial charge on any atom is -0.357 e. The summed E-state index contributed by atoms with van der Waals surface area (Å²) in [5.41, 5.74) is 5.13. The molecule has 3 heteroatoms. The predicted octanol–water partition coefficient (Wildman–Crippen LogP) is 2.83. The summed E-state index contributed by atoms with van der Waals surface area (Å²) in [6.45, 7) is 0. The molecule has 0 unspecified atom stereocenters. The SMILES string of the molecule is c1ccc(N2Nc3ccccc3O2)cc1. The number of fused-ring (bicyclic) bond motifs is 1. The first kappa shape index (κ1) is 8.17. The molecule has 1 aliphatic heterocycles. The van der Waals surface area contributed by atoms with Gasteiger partial charge in [0.2, 0.25) is 0 Å². The lowest BCUT2D eigenvalue weighted by Gasteiger charge is -2.15. The fourth-order valence-electron chi connectivity index (χ4n) is 1.55. The van der Waals surface area contributed by atoms with Gasteiger partial charge in [0, 0.05) is 0 Å². The van der Waals surface area contributed by atoms with Crippen LogP contribution in [0.2, 0.25) is 0 Å². The number of hydrazine groups is 1. The first-order valence-corrected chi connectivity index (χ1v) is 4.82. The maximum absolute atomic E-state index is 5.62. The first-order valence-electron chi connectivity index (χ1n) is 4.82. The zero-order valence-electron chi connectivity index (χ0n) is 8.05. The molecule has 0 saturated carbocycles. The third kappa shape index (κ3) is 1.38. The Balaban J connectivity index is 1.91. The summed E-state index contributed by atoms with van der Waals surface area (Å²) in [4.78, 5) is 5.62. The lowest BCUT2D eigenvalue weighted by Crippen LogP contribution is -2.27. The van der Waals surface area contributed by atoms with Crippen molar-refractivity contribution in [2.75, 3.05) is 10.6 Å². The van der Waals surface area contributed by atoms with Gasteiger partial charge in [-0.05, 0) is 24.3 Å². The molecule has 2 aromatic rings. The van der Waals surface area contributed by atoms with E-state index in [9.17, 15) is 0 Å². The van der Waals surface area contributed by atoms with E-state index >= 15 is 0 Å². The number of hydrogen-bond acceptors (Lipinski definition) is 3. The Hall–Kier alpha value is -2.16. The molecule has 15 heavy (non-hydrogen) atoms. The predicted molar refractivity (Wildman–Crippen MR) is 59.6 cm³/mol. The number of nitrogens with zero attached hydrogens (tertiary/aromatic N) is 1. The van der Waals surface area contributed by atoms with E-state index in [-0.39, 0.29) is 0 Å². The summed E-state index contributed by atoms with van der Waals surface area (Å²) in [6.07, 6.45) is 0. The number of anilines is 2. The Kier molecular flexibility index (Phi) is 1.75. The topological polar surface area (TPSA) is 24.5 Å². The normalized spacial score (nSPS) is 12.9. The quantitative estimate of drug-likeness (QED) is 0.762. The molecule has 1 aliphatic rings. The zero-order chi connectivity index (χ0) is 10.1. The highest BCUT2D eigenvalue weighted by Gasteiger charge is 2.19. The highest BCUT2D eigenvalue weighted by atomic mass is 16.7. The van der Waals surface area contributed by atoms with E-state index in [0.29, 0.717) is 0 Å². The summed E-state index contributed by atoms with van der Waals surface area (Å²) in [5.74, 6) is 0.848. The van der Waals surface area contributed by atoms with Crippen LogP contribution < -0.4 is 15.4 Å². The van der Waals surface area contributed by atoms with Crippen LogP contribution in [0.3, 0.4) is 0 Å². The lowest BCUT2D eigenvalue weighted by molar-refractivity contribution is 0.326. The molecule has 0 fully saturated rings. The molecule has 0 aromatic heterocycles. The maximum Gasteiger partial charge on any atom is 0.182 e. The van der Waals surface area contributed by atoms with E-state index in [1.165, 1.54) is 0 Å². The van der Waals surface area contributed by atoms with Crippen LogP contribution >= 0.6 is 0 Å². The van der Waals surface area contributed by atoms with Gasteiger partial charge in [0.15, 0.2) is 5.75 Å². The second kappa shape index (κ2) is 3.20. The Labute approximate surface area is 87.8 Å². The van der Waals surface area contributed by atoms with Gasteiger partial charge in [0.25, 0.3) is 0 Å². The Bertz CT molecular complexity index is 445. The van der Waals surface area contributed by atoms with Crippen LogP contribution in [0, 0.1) is 0 Å². The van der Waals surface area contributed by atoms with Gasteiger partial charge < -0.3 is 4.84 Å². The van der Waals surface area contributed by atoms with Gasteiger partial charge in [-0.25, -0.2) is 0 Å². The van der Waals surface area contributed by atoms with Crippen molar-refractivity contribution in [1.29, 1.82) is 0 Å². The van der Waals surface area contributed by atoms with Gasteiger partial charge in [-0.2, -0.15) is 0 Å². The van der Waals surface area contributed by atoms with Crippen LogP contribution in [0.4, 0.5) is 11.4 Å². The molecule has 0 saturated heterocycles. The van der Waals surface area contributed by atoms with Crippen molar-refractivity contribution in [3.05, 3.63) is 54.6 Å². The molecule has 0 aliphatic carbocycles. The molecule has 3 rings (SSSR count). The van der Waals surface area contributed by atoms with Gasteiger partial charge in [0.05, 0.1) is 5.69 Å². The molecule has 0 bridgehead atoms. The molecule has 1 heterocycles. The minimum absolute atomic E-state index is 0.848. The number of rotatable bonds is 1. The first-order chi connectivity index (χ1) is 7.43. The van der Waals surface area contributed by atoms with E-state index < -0.39 is 0 Å². The van der Waals surface area contributed by atoms with Crippen molar-refractivity contribution >= 4 is 11.4 Å². The standard InChI is InChI=1S/C12H10N2O/c1-2-6-10(7-3-1)14-13-11-8-4-5-9-12(11)15-14/h1-9,13H. The highest BCUT2D eigenvalue weighted by molar-refractivity contribution is 5.65. The van der Waals surface area contributed by atoms with Crippen LogP contribution in [0.1, 0.15) is 0 Å². The third-order valence-electron chi connectivity index (χ3n) is 2.29. The van der Waals surface area contributed by atoms with Crippen molar-refractivity contribution in [3.8, 4) is 5.75 Å². The van der Waals surface area contributed by atoms with Crippen LogP contribution in [-0.4, -0.2) is 0 Å². The highest BCUT2D eigenvalue weighted by Crippen LogP contribution is 2.32. The summed E-state index contributed by atoms with van der Waals surface area (Å²) >= 11 is 0. The summed E-state index contributed by atoms with van der Waals surface area (Å²) < 4.78 is 0. The summed E-state index contributed by atoms with van der Waals surface area (Å²) in [5, 5.41) is 1.66. The fraction of sp³-hybridized carbons (Fsp3) is 0. The molecule has 1 N–H and O–H groups in total. The molecular formula is C12H10N2O. The van der Waals surface area contributed by atoms with Crippen molar-refractivity contribution in [3.63, 3.8) is 0 Å². The van der Waals surface area contributed by atoms with Crippen LogP contribution in [0.25, 0.3) is 0 Å². The number of para-hydroxylation sites is 3. The number of benzene rings is 2. The van der Waals surface area contributed by atoms with E-state index in [0.717, 1.165) is 17.1 Å². The fourth-order valence-corrected chi connectivity index (χ4v) is 1.55. The van der Waals surface area contributed by atoms with Crippen molar-refractivity contribution in [2.24, 2.45) is 0 Å². The molecule has 0 radical (unpaired) electrons. The summed E-state index contributed by atoms with van der Waals surface area (Å²) in [7, 11) is 0. The Morgan fingerprint density at radius 1 is 0.867 bits per heavy atom. The molecule has 3 nitrogen and oxygen atoms in total. The minimum atomic E-state index is 0.848. The molecule has 2 aromatic carbocycles. The van der Waals surface area contributed by atoms with Gasteiger partial charge in [-0.15, -0.1) is 5.17 Å². The summed E-state index contributed by atoms with van der Waals surface area (Å²) in [6, 6.07) is 17.7. The smallest absolute Gasteiger partial charge is 0.182 e. The lowest BCUT2D eigenvalue weighted by atomic mass is 10.3. The third-order valence-corrected chi connectivity index (χ3v) is 2.29. The van der Waals surface area contributed by atoms with Gasteiger partial charge in [-0.1, -0.05) is 30.3 Å². The molecule has 0 spiro atoms. The Morgan fingerprint density at radius 2 is 1.60 bits per heavy atom. The van der Waals surface area contributed by atoms with Crippen molar-refractivity contribution in [1.82, 2.24) is 0 Å².